The van der Waals surface area contributed by atoms with Crippen LogP contribution in [-0.4, -0.2) is 30.6 Å². The summed E-state index contributed by atoms with van der Waals surface area (Å²) in [7, 11) is 0. The number of likely N-dealkylation sites (tertiary alicyclic amines) is 1. The molecule has 1 fully saturated rings. The number of piperidine rings is 1. The van der Waals surface area contributed by atoms with Gasteiger partial charge in [0.25, 0.3) is 0 Å². The van der Waals surface area contributed by atoms with Crippen molar-refractivity contribution >= 4 is 0 Å². The molecule has 1 aliphatic rings. The van der Waals surface area contributed by atoms with E-state index in [4.69, 9.17) is 11.0 Å². The molecule has 0 amide bonds. The quantitative estimate of drug-likeness (QED) is 0.739. The Morgan fingerprint density at radius 2 is 2.00 bits per heavy atom. The van der Waals surface area contributed by atoms with E-state index in [1.165, 1.54) is 0 Å². The zero-order valence-electron chi connectivity index (χ0n) is 9.29. The van der Waals surface area contributed by atoms with Crippen molar-refractivity contribution in [3.63, 3.8) is 0 Å². The fourth-order valence-corrected chi connectivity index (χ4v) is 1.67. The van der Waals surface area contributed by atoms with Crippen LogP contribution in [0.5, 0.6) is 0 Å². The van der Waals surface area contributed by atoms with Crippen LogP contribution in [0, 0.1) is 16.7 Å². The molecule has 0 saturated carbocycles. The summed E-state index contributed by atoms with van der Waals surface area (Å²) in [5.41, 5.74) is 5.65. The van der Waals surface area contributed by atoms with E-state index in [1.807, 2.05) is 13.8 Å². The lowest BCUT2D eigenvalue weighted by Gasteiger charge is -2.31. The Hall–Kier alpha value is -0.590. The first-order chi connectivity index (χ1) is 6.53. The minimum Gasteiger partial charge on any atom is -0.328 e. The van der Waals surface area contributed by atoms with Crippen LogP contribution >= 0.6 is 0 Å². The minimum absolute atomic E-state index is 0.181. The average Bonchev–Trinajstić information content (AvgIpc) is 2.17. The van der Waals surface area contributed by atoms with Gasteiger partial charge in [0.15, 0.2) is 0 Å². The third kappa shape index (κ3) is 3.65. The van der Waals surface area contributed by atoms with Crippen LogP contribution in [0.2, 0.25) is 0 Å². The second-order valence-electron chi connectivity index (χ2n) is 4.92. The lowest BCUT2D eigenvalue weighted by molar-refractivity contribution is 0.194. The van der Waals surface area contributed by atoms with E-state index in [0.717, 1.165) is 38.9 Å². The SMILES string of the molecule is CC(C)(C#N)CCN1CCC(N)CC1. The Labute approximate surface area is 86.9 Å². The van der Waals surface area contributed by atoms with Crippen LogP contribution in [0.25, 0.3) is 0 Å². The Morgan fingerprint density at radius 3 is 2.50 bits per heavy atom. The molecule has 0 aromatic heterocycles. The molecule has 0 unspecified atom stereocenters. The van der Waals surface area contributed by atoms with Crippen molar-refractivity contribution in [3.8, 4) is 6.07 Å². The van der Waals surface area contributed by atoms with Gasteiger partial charge in [-0.3, -0.25) is 0 Å². The lowest BCUT2D eigenvalue weighted by Crippen LogP contribution is -2.40. The molecule has 0 aliphatic carbocycles. The molecule has 1 heterocycles. The second-order valence-corrected chi connectivity index (χ2v) is 4.92. The number of hydrogen-bond acceptors (Lipinski definition) is 3. The van der Waals surface area contributed by atoms with Crippen molar-refractivity contribution in [1.29, 1.82) is 5.26 Å². The molecule has 1 rings (SSSR count). The zero-order chi connectivity index (χ0) is 10.6. The first-order valence-corrected chi connectivity index (χ1v) is 5.43. The van der Waals surface area contributed by atoms with Gasteiger partial charge >= 0.3 is 0 Å². The van der Waals surface area contributed by atoms with E-state index >= 15 is 0 Å². The predicted molar refractivity (Wildman–Crippen MR) is 57.7 cm³/mol. The summed E-state index contributed by atoms with van der Waals surface area (Å²) in [6, 6.07) is 2.74. The lowest BCUT2D eigenvalue weighted by atomic mass is 9.91. The number of hydrogen-bond donors (Lipinski definition) is 1. The van der Waals surface area contributed by atoms with Crippen molar-refractivity contribution in [2.24, 2.45) is 11.1 Å². The highest BCUT2D eigenvalue weighted by atomic mass is 15.1. The molecule has 3 nitrogen and oxygen atoms in total. The molecule has 1 saturated heterocycles. The van der Waals surface area contributed by atoms with E-state index < -0.39 is 0 Å². The normalized spacial score (nSPS) is 20.7. The van der Waals surface area contributed by atoms with Gasteiger partial charge in [0.2, 0.25) is 0 Å². The molecule has 0 radical (unpaired) electrons. The van der Waals surface area contributed by atoms with Gasteiger partial charge in [0, 0.05) is 6.04 Å². The summed E-state index contributed by atoms with van der Waals surface area (Å²) in [6.07, 6.45) is 3.17. The van der Waals surface area contributed by atoms with Gasteiger partial charge in [0.05, 0.1) is 11.5 Å². The Balaban J connectivity index is 2.23. The second kappa shape index (κ2) is 4.77. The maximum atomic E-state index is 8.88. The first kappa shape index (κ1) is 11.5. The van der Waals surface area contributed by atoms with Gasteiger partial charge in [-0.05, 0) is 52.7 Å². The van der Waals surface area contributed by atoms with E-state index in [2.05, 4.69) is 11.0 Å². The summed E-state index contributed by atoms with van der Waals surface area (Å²) in [4.78, 5) is 2.42. The van der Waals surface area contributed by atoms with Crippen LogP contribution in [-0.2, 0) is 0 Å². The Morgan fingerprint density at radius 1 is 1.43 bits per heavy atom. The molecule has 0 bridgehead atoms. The Kier molecular flexibility index (Phi) is 3.91. The summed E-state index contributed by atoms with van der Waals surface area (Å²) >= 11 is 0. The minimum atomic E-state index is -0.181. The molecule has 3 heteroatoms. The van der Waals surface area contributed by atoms with Crippen molar-refractivity contribution in [2.75, 3.05) is 19.6 Å². The van der Waals surface area contributed by atoms with Gasteiger partial charge in [-0.2, -0.15) is 5.26 Å². The van der Waals surface area contributed by atoms with Crippen LogP contribution < -0.4 is 5.73 Å². The molecule has 0 aromatic rings. The van der Waals surface area contributed by atoms with E-state index in [0.29, 0.717) is 6.04 Å². The maximum Gasteiger partial charge on any atom is 0.0684 e. The first-order valence-electron chi connectivity index (χ1n) is 5.43. The number of nitriles is 1. The van der Waals surface area contributed by atoms with Crippen molar-refractivity contribution in [2.45, 2.75) is 39.2 Å². The van der Waals surface area contributed by atoms with Gasteiger partial charge in [-0.1, -0.05) is 0 Å². The molecule has 80 valence electrons. The maximum absolute atomic E-state index is 8.88. The van der Waals surface area contributed by atoms with Gasteiger partial charge in [-0.15, -0.1) is 0 Å². The highest BCUT2D eigenvalue weighted by Gasteiger charge is 2.20. The molecule has 0 atom stereocenters. The molecule has 0 spiro atoms. The summed E-state index contributed by atoms with van der Waals surface area (Å²) in [5.74, 6) is 0. The van der Waals surface area contributed by atoms with Gasteiger partial charge in [0.1, 0.15) is 0 Å². The van der Waals surface area contributed by atoms with E-state index in [1.54, 1.807) is 0 Å². The summed E-state index contributed by atoms with van der Waals surface area (Å²) in [5, 5.41) is 8.88. The van der Waals surface area contributed by atoms with Crippen molar-refractivity contribution in [1.82, 2.24) is 4.90 Å². The summed E-state index contributed by atoms with van der Waals surface area (Å²) in [6.45, 7) is 7.24. The third-order valence-corrected chi connectivity index (χ3v) is 2.99. The van der Waals surface area contributed by atoms with E-state index in [-0.39, 0.29) is 5.41 Å². The molecule has 1 aliphatic heterocycles. The highest BCUT2D eigenvalue weighted by Crippen LogP contribution is 2.20. The average molecular weight is 195 g/mol. The summed E-state index contributed by atoms with van der Waals surface area (Å²) < 4.78 is 0. The Bertz CT molecular complexity index is 209. The van der Waals surface area contributed by atoms with Crippen LogP contribution in [0.1, 0.15) is 33.1 Å². The smallest absolute Gasteiger partial charge is 0.0684 e. The standard InChI is InChI=1S/C11H21N3/c1-11(2,9-12)5-8-14-6-3-10(13)4-7-14/h10H,3-8,13H2,1-2H3. The third-order valence-electron chi connectivity index (χ3n) is 2.99. The fourth-order valence-electron chi connectivity index (χ4n) is 1.67. The molecular formula is C11H21N3. The highest BCUT2D eigenvalue weighted by molar-refractivity contribution is 4.92. The fraction of sp³-hybridized carbons (Fsp3) is 0.909. The number of rotatable bonds is 3. The zero-order valence-corrected chi connectivity index (χ0v) is 9.29. The number of nitrogens with two attached hydrogens (primary N) is 1. The van der Waals surface area contributed by atoms with Crippen molar-refractivity contribution < 1.29 is 0 Å². The van der Waals surface area contributed by atoms with Gasteiger partial charge in [-0.25, -0.2) is 0 Å². The predicted octanol–water partition coefficient (Wildman–Crippen LogP) is 1.35. The molecule has 0 aromatic carbocycles. The van der Waals surface area contributed by atoms with Gasteiger partial charge < -0.3 is 10.6 Å². The van der Waals surface area contributed by atoms with Crippen LogP contribution in [0.4, 0.5) is 0 Å². The monoisotopic (exact) mass is 195 g/mol. The molecule has 14 heavy (non-hydrogen) atoms. The number of nitrogens with zero attached hydrogens (tertiary/aromatic N) is 2. The molecular weight excluding hydrogens is 174 g/mol. The largest absolute Gasteiger partial charge is 0.328 e. The van der Waals surface area contributed by atoms with Crippen LogP contribution in [0.15, 0.2) is 0 Å². The van der Waals surface area contributed by atoms with E-state index in [9.17, 15) is 0 Å². The topological polar surface area (TPSA) is 53.0 Å². The van der Waals surface area contributed by atoms with Crippen molar-refractivity contribution in [3.05, 3.63) is 0 Å². The molecule has 2 N–H and O–H groups in total. The van der Waals surface area contributed by atoms with Crippen LogP contribution in [0.3, 0.4) is 0 Å².